The largest absolute Gasteiger partial charge is 0.320 e. The molecule has 0 saturated carbocycles. The molecule has 3 heteroatoms. The van der Waals surface area contributed by atoms with E-state index in [9.17, 15) is 0 Å². The molecule has 0 saturated heterocycles. The maximum atomic E-state index is 4.67. The SMILES string of the molecule is C=C(C=N/C=C\C)C1=NCC(CC)(CCNC)C1. The van der Waals surface area contributed by atoms with Gasteiger partial charge >= 0.3 is 0 Å². The van der Waals surface area contributed by atoms with Crippen molar-refractivity contribution in [1.29, 1.82) is 0 Å². The van der Waals surface area contributed by atoms with Crippen LogP contribution in [0, 0.1) is 5.41 Å². The van der Waals surface area contributed by atoms with E-state index in [1.54, 1.807) is 6.20 Å². The number of rotatable bonds is 7. The van der Waals surface area contributed by atoms with E-state index < -0.39 is 0 Å². The molecule has 0 fully saturated rings. The number of hydrogen-bond acceptors (Lipinski definition) is 3. The van der Waals surface area contributed by atoms with Crippen molar-refractivity contribution < 1.29 is 0 Å². The molecular weight excluding hydrogens is 222 g/mol. The van der Waals surface area contributed by atoms with E-state index in [4.69, 9.17) is 0 Å². The van der Waals surface area contributed by atoms with Crippen LogP contribution in [0.15, 0.2) is 34.4 Å². The number of hydrogen-bond donors (Lipinski definition) is 1. The first-order valence-corrected chi connectivity index (χ1v) is 6.69. The van der Waals surface area contributed by atoms with Crippen LogP contribution >= 0.6 is 0 Å². The van der Waals surface area contributed by atoms with Gasteiger partial charge in [0.1, 0.15) is 0 Å². The van der Waals surface area contributed by atoms with Gasteiger partial charge in [-0.15, -0.1) is 0 Å². The van der Waals surface area contributed by atoms with Crippen molar-refractivity contribution in [3.63, 3.8) is 0 Å². The Morgan fingerprint density at radius 1 is 1.61 bits per heavy atom. The molecule has 1 rings (SSSR count). The minimum Gasteiger partial charge on any atom is -0.320 e. The Balaban J connectivity index is 2.59. The number of allylic oxidation sites excluding steroid dienone is 2. The summed E-state index contributed by atoms with van der Waals surface area (Å²) < 4.78 is 0. The minimum absolute atomic E-state index is 0.329. The summed E-state index contributed by atoms with van der Waals surface area (Å²) in [5, 5.41) is 3.23. The van der Waals surface area contributed by atoms with Gasteiger partial charge in [0.15, 0.2) is 0 Å². The van der Waals surface area contributed by atoms with Crippen LogP contribution in [0.2, 0.25) is 0 Å². The second kappa shape index (κ2) is 7.27. The van der Waals surface area contributed by atoms with Crippen LogP contribution in [0.1, 0.15) is 33.1 Å². The first-order valence-electron chi connectivity index (χ1n) is 6.69. The summed E-state index contributed by atoms with van der Waals surface area (Å²) in [5.74, 6) is 0. The summed E-state index contributed by atoms with van der Waals surface area (Å²) in [4.78, 5) is 8.84. The quantitative estimate of drug-likeness (QED) is 0.690. The highest BCUT2D eigenvalue weighted by molar-refractivity contribution is 6.16. The first-order chi connectivity index (χ1) is 8.67. The van der Waals surface area contributed by atoms with Crippen LogP contribution in [-0.2, 0) is 0 Å². The summed E-state index contributed by atoms with van der Waals surface area (Å²) in [5.41, 5.74) is 2.41. The van der Waals surface area contributed by atoms with Crippen LogP contribution < -0.4 is 5.32 Å². The highest BCUT2D eigenvalue weighted by atomic mass is 14.8. The molecule has 1 unspecified atom stereocenters. The fourth-order valence-electron chi connectivity index (χ4n) is 2.21. The third-order valence-electron chi connectivity index (χ3n) is 3.64. The van der Waals surface area contributed by atoms with Crippen molar-refractivity contribution in [1.82, 2.24) is 5.32 Å². The molecule has 18 heavy (non-hydrogen) atoms. The van der Waals surface area contributed by atoms with Crippen LogP contribution in [-0.4, -0.2) is 32.1 Å². The molecule has 1 heterocycles. The molecule has 1 aliphatic rings. The van der Waals surface area contributed by atoms with E-state index in [1.165, 1.54) is 12.8 Å². The van der Waals surface area contributed by atoms with Gasteiger partial charge in [-0.2, -0.15) is 0 Å². The van der Waals surface area contributed by atoms with Gasteiger partial charge in [-0.05, 0) is 45.2 Å². The zero-order valence-corrected chi connectivity index (χ0v) is 11.9. The lowest BCUT2D eigenvalue weighted by Crippen LogP contribution is -2.26. The third-order valence-corrected chi connectivity index (χ3v) is 3.64. The second-order valence-corrected chi connectivity index (χ2v) is 4.93. The Labute approximate surface area is 111 Å². The van der Waals surface area contributed by atoms with Crippen LogP contribution in [0.25, 0.3) is 0 Å². The first kappa shape index (κ1) is 14.8. The Morgan fingerprint density at radius 3 is 3.00 bits per heavy atom. The molecule has 0 aromatic rings. The molecule has 1 atom stereocenters. The molecule has 0 amide bonds. The van der Waals surface area contributed by atoms with E-state index in [0.29, 0.717) is 5.41 Å². The number of nitrogens with one attached hydrogen (secondary N) is 1. The Hall–Kier alpha value is -1.22. The highest BCUT2D eigenvalue weighted by Gasteiger charge is 2.34. The molecule has 1 aliphatic heterocycles. The molecule has 3 nitrogen and oxygen atoms in total. The zero-order valence-electron chi connectivity index (χ0n) is 11.9. The fourth-order valence-corrected chi connectivity index (χ4v) is 2.21. The van der Waals surface area contributed by atoms with Crippen molar-refractivity contribution in [2.24, 2.45) is 15.4 Å². The van der Waals surface area contributed by atoms with Gasteiger partial charge in [0.2, 0.25) is 0 Å². The summed E-state index contributed by atoms with van der Waals surface area (Å²) in [7, 11) is 2.00. The summed E-state index contributed by atoms with van der Waals surface area (Å²) in [6, 6.07) is 0. The van der Waals surface area contributed by atoms with E-state index >= 15 is 0 Å². The summed E-state index contributed by atoms with van der Waals surface area (Å²) in [6.45, 7) is 10.2. The van der Waals surface area contributed by atoms with Gasteiger partial charge in [0, 0.05) is 30.2 Å². The lowest BCUT2D eigenvalue weighted by molar-refractivity contribution is 0.289. The normalized spacial score (nSPS) is 24.1. The van der Waals surface area contributed by atoms with E-state index in [-0.39, 0.29) is 0 Å². The highest BCUT2D eigenvalue weighted by Crippen LogP contribution is 2.36. The number of aliphatic imine (C=N–C) groups is 2. The molecule has 0 radical (unpaired) electrons. The van der Waals surface area contributed by atoms with Gasteiger partial charge in [0.05, 0.1) is 0 Å². The fraction of sp³-hybridized carbons (Fsp3) is 0.600. The van der Waals surface area contributed by atoms with Gasteiger partial charge in [-0.3, -0.25) is 9.98 Å². The van der Waals surface area contributed by atoms with Gasteiger partial charge in [-0.25, -0.2) is 0 Å². The Morgan fingerprint density at radius 2 is 2.39 bits per heavy atom. The maximum Gasteiger partial charge on any atom is 0.0453 e. The number of nitrogens with zero attached hydrogens (tertiary/aromatic N) is 2. The standard InChI is InChI=1S/C15H25N3/c1-5-8-17-11-13(3)14-10-15(6-2,12-18-14)7-9-16-4/h5,8,11,16H,3,6-7,9-10,12H2,1-2,4H3/b8-5-,17-11?. The van der Waals surface area contributed by atoms with Gasteiger partial charge < -0.3 is 5.32 Å². The molecule has 0 aromatic heterocycles. The van der Waals surface area contributed by atoms with E-state index in [1.807, 2.05) is 26.3 Å². The smallest absolute Gasteiger partial charge is 0.0453 e. The monoisotopic (exact) mass is 247 g/mol. The van der Waals surface area contributed by atoms with Crippen molar-refractivity contribution in [2.45, 2.75) is 33.1 Å². The van der Waals surface area contributed by atoms with E-state index in [2.05, 4.69) is 28.8 Å². The van der Waals surface area contributed by atoms with Crippen molar-refractivity contribution in [3.05, 3.63) is 24.4 Å². The molecule has 1 N–H and O–H groups in total. The lowest BCUT2D eigenvalue weighted by atomic mass is 9.78. The topological polar surface area (TPSA) is 36.8 Å². The molecule has 0 bridgehead atoms. The second-order valence-electron chi connectivity index (χ2n) is 4.93. The van der Waals surface area contributed by atoms with Crippen molar-refractivity contribution in [3.8, 4) is 0 Å². The average Bonchev–Trinajstić information content (AvgIpc) is 2.82. The average molecular weight is 247 g/mol. The van der Waals surface area contributed by atoms with Crippen LogP contribution in [0.4, 0.5) is 0 Å². The van der Waals surface area contributed by atoms with Gasteiger partial charge in [0.25, 0.3) is 0 Å². The van der Waals surface area contributed by atoms with Gasteiger partial charge in [-0.1, -0.05) is 19.6 Å². The van der Waals surface area contributed by atoms with Crippen molar-refractivity contribution >= 4 is 11.9 Å². The maximum absolute atomic E-state index is 4.67. The van der Waals surface area contributed by atoms with E-state index in [0.717, 1.165) is 30.8 Å². The molecule has 100 valence electrons. The van der Waals surface area contributed by atoms with Crippen LogP contribution in [0.3, 0.4) is 0 Å². The summed E-state index contributed by atoms with van der Waals surface area (Å²) >= 11 is 0. The van der Waals surface area contributed by atoms with Crippen molar-refractivity contribution in [2.75, 3.05) is 20.1 Å². The molecular formula is C15H25N3. The zero-order chi connectivity index (χ0) is 13.4. The predicted octanol–water partition coefficient (Wildman–Crippen LogP) is 3.00. The predicted molar refractivity (Wildman–Crippen MR) is 80.6 cm³/mol. The minimum atomic E-state index is 0.329. The Kier molecular flexibility index (Phi) is 5.99. The lowest BCUT2D eigenvalue weighted by Gasteiger charge is -2.26. The molecule has 0 aliphatic carbocycles. The third kappa shape index (κ3) is 3.91. The summed E-state index contributed by atoms with van der Waals surface area (Å²) in [6.07, 6.45) is 8.86. The molecule has 0 spiro atoms. The Bertz CT molecular complexity index is 366. The van der Waals surface area contributed by atoms with Crippen LogP contribution in [0.5, 0.6) is 0 Å². The molecule has 0 aromatic carbocycles.